The lowest BCUT2D eigenvalue weighted by Gasteiger charge is -2.05. The van der Waals surface area contributed by atoms with Crippen LogP contribution in [-0.2, 0) is 0 Å². The number of aromatic nitrogens is 1. The lowest BCUT2D eigenvalue weighted by Crippen LogP contribution is -1.92. The number of hydrogen-bond donors (Lipinski definition) is 1. The molecule has 0 atom stereocenters. The monoisotopic (exact) mass is 163 g/mol. The summed E-state index contributed by atoms with van der Waals surface area (Å²) < 4.78 is 0. The Morgan fingerprint density at radius 2 is 2.25 bits per heavy atom. The van der Waals surface area contributed by atoms with Gasteiger partial charge in [0.25, 0.3) is 0 Å². The Bertz CT molecular complexity index is 292. The van der Waals surface area contributed by atoms with Crippen molar-refractivity contribution in [2.24, 2.45) is 0 Å². The smallest absolute Gasteiger partial charge is 0.134 e. The van der Waals surface area contributed by atoms with Crippen molar-refractivity contribution in [3.8, 4) is 0 Å². The second-order valence-corrected chi connectivity index (χ2v) is 3.08. The largest absolute Gasteiger partial charge is 0.506 e. The molecule has 0 aliphatic heterocycles. The SMILES string of the molecule is C=C(O)c1cc(C(C)C)ccn1. The van der Waals surface area contributed by atoms with Crippen molar-refractivity contribution in [2.45, 2.75) is 19.8 Å². The van der Waals surface area contributed by atoms with Gasteiger partial charge in [0.05, 0.1) is 0 Å². The van der Waals surface area contributed by atoms with E-state index in [-0.39, 0.29) is 5.76 Å². The first-order valence-corrected chi connectivity index (χ1v) is 3.95. The predicted octanol–water partition coefficient (Wildman–Crippen LogP) is 2.73. The molecule has 1 N–H and O–H groups in total. The standard InChI is InChI=1S/C10H13NO/c1-7(2)9-4-5-11-10(6-9)8(3)12/h4-7,12H,3H2,1-2H3. The lowest BCUT2D eigenvalue weighted by molar-refractivity contribution is 0.510. The van der Waals surface area contributed by atoms with Crippen LogP contribution in [0, 0.1) is 0 Å². The summed E-state index contributed by atoms with van der Waals surface area (Å²) in [6.07, 6.45) is 1.69. The van der Waals surface area contributed by atoms with Crippen LogP contribution in [0.15, 0.2) is 24.9 Å². The first-order chi connectivity index (χ1) is 5.61. The van der Waals surface area contributed by atoms with Crippen LogP contribution < -0.4 is 0 Å². The van der Waals surface area contributed by atoms with Gasteiger partial charge in [-0.15, -0.1) is 0 Å². The van der Waals surface area contributed by atoms with E-state index in [1.165, 1.54) is 0 Å². The molecule has 0 fully saturated rings. The maximum absolute atomic E-state index is 9.07. The predicted molar refractivity (Wildman–Crippen MR) is 50.0 cm³/mol. The number of nitrogens with zero attached hydrogens (tertiary/aromatic N) is 1. The highest BCUT2D eigenvalue weighted by atomic mass is 16.3. The molecule has 2 heteroatoms. The van der Waals surface area contributed by atoms with E-state index >= 15 is 0 Å². The Balaban J connectivity index is 3.04. The molecule has 2 nitrogen and oxygen atoms in total. The number of hydrogen-bond acceptors (Lipinski definition) is 2. The van der Waals surface area contributed by atoms with Gasteiger partial charge in [0.1, 0.15) is 11.5 Å². The molecule has 0 bridgehead atoms. The molecule has 1 rings (SSSR count). The van der Waals surface area contributed by atoms with Crippen LogP contribution in [0.3, 0.4) is 0 Å². The Morgan fingerprint density at radius 1 is 1.58 bits per heavy atom. The van der Waals surface area contributed by atoms with E-state index in [0.717, 1.165) is 5.56 Å². The van der Waals surface area contributed by atoms with Gasteiger partial charge < -0.3 is 5.11 Å². The molecule has 12 heavy (non-hydrogen) atoms. The van der Waals surface area contributed by atoms with Gasteiger partial charge in [-0.2, -0.15) is 0 Å². The van der Waals surface area contributed by atoms with Crippen molar-refractivity contribution in [3.63, 3.8) is 0 Å². The summed E-state index contributed by atoms with van der Waals surface area (Å²) in [7, 11) is 0. The maximum Gasteiger partial charge on any atom is 0.134 e. The van der Waals surface area contributed by atoms with Crippen molar-refractivity contribution in [2.75, 3.05) is 0 Å². The molecular formula is C10H13NO. The van der Waals surface area contributed by atoms with E-state index in [1.54, 1.807) is 6.20 Å². The minimum atomic E-state index is 0.0255. The van der Waals surface area contributed by atoms with E-state index in [9.17, 15) is 0 Å². The zero-order valence-corrected chi connectivity index (χ0v) is 7.41. The van der Waals surface area contributed by atoms with Crippen LogP contribution in [0.1, 0.15) is 31.0 Å². The van der Waals surface area contributed by atoms with Gasteiger partial charge >= 0.3 is 0 Å². The summed E-state index contributed by atoms with van der Waals surface area (Å²) in [6, 6.07) is 3.80. The van der Waals surface area contributed by atoms with E-state index < -0.39 is 0 Å². The molecule has 0 radical (unpaired) electrons. The van der Waals surface area contributed by atoms with Crippen LogP contribution >= 0.6 is 0 Å². The average Bonchev–Trinajstić information content (AvgIpc) is 2.04. The van der Waals surface area contributed by atoms with Gasteiger partial charge in [0.15, 0.2) is 0 Å². The molecule has 0 saturated heterocycles. The van der Waals surface area contributed by atoms with Gasteiger partial charge in [-0.05, 0) is 23.6 Å². The van der Waals surface area contributed by atoms with Gasteiger partial charge in [-0.3, -0.25) is 4.98 Å². The normalized spacial score (nSPS) is 10.2. The van der Waals surface area contributed by atoms with Crippen LogP contribution in [0.2, 0.25) is 0 Å². The highest BCUT2D eigenvalue weighted by molar-refractivity contribution is 5.52. The van der Waals surface area contributed by atoms with Gasteiger partial charge in [0.2, 0.25) is 0 Å². The van der Waals surface area contributed by atoms with Crippen molar-refractivity contribution in [3.05, 3.63) is 36.2 Å². The summed E-state index contributed by atoms with van der Waals surface area (Å²) in [5.74, 6) is 0.476. The zero-order chi connectivity index (χ0) is 9.14. The Morgan fingerprint density at radius 3 is 2.75 bits per heavy atom. The summed E-state index contributed by atoms with van der Waals surface area (Å²) in [6.45, 7) is 7.61. The fraction of sp³-hybridized carbons (Fsp3) is 0.300. The summed E-state index contributed by atoms with van der Waals surface area (Å²) in [5, 5.41) is 9.07. The Labute approximate surface area is 72.6 Å². The minimum Gasteiger partial charge on any atom is -0.506 e. The average molecular weight is 163 g/mol. The third-order valence-electron chi connectivity index (χ3n) is 1.75. The zero-order valence-electron chi connectivity index (χ0n) is 7.41. The second kappa shape index (κ2) is 3.39. The number of aliphatic hydroxyl groups is 1. The lowest BCUT2D eigenvalue weighted by atomic mass is 10.0. The van der Waals surface area contributed by atoms with Gasteiger partial charge in [0, 0.05) is 6.20 Å². The third-order valence-corrected chi connectivity index (χ3v) is 1.75. The van der Waals surface area contributed by atoms with E-state index in [4.69, 9.17) is 5.11 Å². The highest BCUT2D eigenvalue weighted by Crippen LogP contribution is 2.16. The molecule has 0 aliphatic rings. The molecule has 0 unspecified atom stereocenters. The molecule has 1 aromatic rings. The van der Waals surface area contributed by atoms with Crippen LogP contribution in [0.4, 0.5) is 0 Å². The van der Waals surface area contributed by atoms with Gasteiger partial charge in [-0.1, -0.05) is 20.4 Å². The minimum absolute atomic E-state index is 0.0255. The van der Waals surface area contributed by atoms with Crippen molar-refractivity contribution in [1.82, 2.24) is 4.98 Å². The fourth-order valence-electron chi connectivity index (χ4n) is 0.964. The van der Waals surface area contributed by atoms with Crippen molar-refractivity contribution >= 4 is 5.76 Å². The number of pyridine rings is 1. The molecule has 64 valence electrons. The quantitative estimate of drug-likeness (QED) is 0.680. The van der Waals surface area contributed by atoms with E-state index in [2.05, 4.69) is 25.4 Å². The van der Waals surface area contributed by atoms with Crippen LogP contribution in [-0.4, -0.2) is 10.1 Å². The molecule has 0 saturated carbocycles. The molecule has 0 aromatic carbocycles. The van der Waals surface area contributed by atoms with Crippen LogP contribution in [0.25, 0.3) is 5.76 Å². The van der Waals surface area contributed by atoms with E-state index in [0.29, 0.717) is 11.6 Å². The molecule has 0 aliphatic carbocycles. The third kappa shape index (κ3) is 1.84. The van der Waals surface area contributed by atoms with Crippen LogP contribution in [0.5, 0.6) is 0 Å². The summed E-state index contributed by atoms with van der Waals surface area (Å²) >= 11 is 0. The summed E-state index contributed by atoms with van der Waals surface area (Å²) in [5.41, 5.74) is 1.72. The fourth-order valence-corrected chi connectivity index (χ4v) is 0.964. The molecule has 0 spiro atoms. The molecule has 1 heterocycles. The Kier molecular flexibility index (Phi) is 2.48. The van der Waals surface area contributed by atoms with E-state index in [1.807, 2.05) is 12.1 Å². The van der Waals surface area contributed by atoms with Gasteiger partial charge in [-0.25, -0.2) is 0 Å². The Hall–Kier alpha value is -1.31. The first kappa shape index (κ1) is 8.78. The first-order valence-electron chi connectivity index (χ1n) is 3.95. The molecule has 1 aromatic heterocycles. The van der Waals surface area contributed by atoms with Crippen molar-refractivity contribution < 1.29 is 5.11 Å². The number of rotatable bonds is 2. The molecular weight excluding hydrogens is 150 g/mol. The summed E-state index contributed by atoms with van der Waals surface area (Å²) in [4.78, 5) is 3.97. The molecule has 0 amide bonds. The topological polar surface area (TPSA) is 33.1 Å². The second-order valence-electron chi connectivity index (χ2n) is 3.08. The maximum atomic E-state index is 9.07. The van der Waals surface area contributed by atoms with Crippen molar-refractivity contribution in [1.29, 1.82) is 0 Å². The number of aliphatic hydroxyl groups excluding tert-OH is 1. The highest BCUT2D eigenvalue weighted by Gasteiger charge is 2.02.